The molecule has 1 aliphatic rings. The lowest BCUT2D eigenvalue weighted by atomic mass is 10.1. The van der Waals surface area contributed by atoms with E-state index < -0.39 is 12.0 Å². The first kappa shape index (κ1) is 30.8. The Morgan fingerprint density at radius 1 is 1.14 bits per heavy atom. The summed E-state index contributed by atoms with van der Waals surface area (Å²) in [7, 11) is 0. The highest BCUT2D eigenvalue weighted by atomic mass is 16.5. The van der Waals surface area contributed by atoms with E-state index in [4.69, 9.17) is 9.72 Å². The number of ether oxygens (including phenoxy) is 1. The molecule has 1 aliphatic heterocycles. The first-order valence-electron chi connectivity index (χ1n) is 14.0. The summed E-state index contributed by atoms with van der Waals surface area (Å²) in [6.45, 7) is 15.4. The molecule has 0 saturated carbocycles. The number of nitrogens with zero attached hydrogens (tertiary/aromatic N) is 3. The average molecular weight is 520 g/mol. The number of rotatable bonds is 16. The summed E-state index contributed by atoms with van der Waals surface area (Å²) in [6, 6.07) is 3.17. The predicted molar refractivity (Wildman–Crippen MR) is 148 cm³/mol. The molecule has 2 rings (SSSR count). The van der Waals surface area contributed by atoms with Crippen LogP contribution in [-0.4, -0.2) is 88.9 Å². The quantitative estimate of drug-likeness (QED) is 0.282. The Balaban J connectivity index is 1.93. The number of aromatic nitrogens is 1. The Kier molecular flexibility index (Phi) is 13.1. The third-order valence-electron chi connectivity index (χ3n) is 6.91. The summed E-state index contributed by atoms with van der Waals surface area (Å²) in [5.41, 5.74) is 2.41. The molecular weight excluding hydrogens is 470 g/mol. The Labute approximate surface area is 223 Å². The second-order valence-corrected chi connectivity index (χ2v) is 10.6. The van der Waals surface area contributed by atoms with Crippen LogP contribution in [0, 0.1) is 0 Å². The van der Waals surface area contributed by atoms with E-state index in [1.165, 1.54) is 5.56 Å². The number of amides is 2. The van der Waals surface area contributed by atoms with Gasteiger partial charge in [0.2, 0.25) is 0 Å². The normalized spacial score (nSPS) is 14.8. The SMILES string of the molecule is CCOC[C@H](C)N(CCCCc1ccc2c(n1)NCCC2)CCC(NC(=O)N(C(C)C)C(C)C)C(=O)O. The maximum absolute atomic E-state index is 12.8. The van der Waals surface area contributed by atoms with Crippen LogP contribution in [0.4, 0.5) is 10.6 Å². The minimum Gasteiger partial charge on any atom is -0.480 e. The fourth-order valence-electron chi connectivity index (χ4n) is 4.92. The number of aliphatic carboxylic acids is 1. The molecule has 1 unspecified atom stereocenters. The van der Waals surface area contributed by atoms with Crippen LogP contribution >= 0.6 is 0 Å². The molecule has 0 radical (unpaired) electrons. The van der Waals surface area contributed by atoms with Crippen LogP contribution in [0.25, 0.3) is 0 Å². The van der Waals surface area contributed by atoms with Crippen LogP contribution < -0.4 is 10.6 Å². The summed E-state index contributed by atoms with van der Waals surface area (Å²) in [4.78, 5) is 33.5. The second-order valence-electron chi connectivity index (χ2n) is 10.6. The van der Waals surface area contributed by atoms with Crippen molar-refractivity contribution in [3.05, 3.63) is 23.4 Å². The van der Waals surface area contributed by atoms with Crippen LogP contribution in [0.1, 0.15) is 78.5 Å². The van der Waals surface area contributed by atoms with Gasteiger partial charge in [0.25, 0.3) is 0 Å². The topological polar surface area (TPSA) is 107 Å². The van der Waals surface area contributed by atoms with Crippen LogP contribution in [0.15, 0.2) is 12.1 Å². The number of nitrogens with one attached hydrogen (secondary N) is 2. The van der Waals surface area contributed by atoms with Crippen LogP contribution in [0.5, 0.6) is 0 Å². The first-order chi connectivity index (χ1) is 17.6. The summed E-state index contributed by atoms with van der Waals surface area (Å²) < 4.78 is 5.66. The number of carboxylic acid groups (broad SMARTS) is 1. The predicted octanol–water partition coefficient (Wildman–Crippen LogP) is 4.16. The highest BCUT2D eigenvalue weighted by molar-refractivity contribution is 5.82. The van der Waals surface area contributed by atoms with Crippen LogP contribution in [0.2, 0.25) is 0 Å². The average Bonchev–Trinajstić information content (AvgIpc) is 2.85. The van der Waals surface area contributed by atoms with Gasteiger partial charge in [0.1, 0.15) is 11.9 Å². The zero-order chi connectivity index (χ0) is 27.4. The van der Waals surface area contributed by atoms with Crippen molar-refractivity contribution in [3.63, 3.8) is 0 Å². The molecule has 0 saturated heterocycles. The monoisotopic (exact) mass is 519 g/mol. The molecule has 0 aliphatic carbocycles. The van der Waals surface area contributed by atoms with E-state index in [1.54, 1.807) is 4.90 Å². The lowest BCUT2D eigenvalue weighted by Gasteiger charge is -2.33. The zero-order valence-corrected chi connectivity index (χ0v) is 23.8. The van der Waals surface area contributed by atoms with E-state index in [1.807, 2.05) is 34.6 Å². The molecule has 2 amide bonds. The fourth-order valence-corrected chi connectivity index (χ4v) is 4.92. The highest BCUT2D eigenvalue weighted by Gasteiger charge is 2.27. The first-order valence-corrected chi connectivity index (χ1v) is 14.0. The van der Waals surface area contributed by atoms with E-state index in [-0.39, 0.29) is 24.2 Å². The van der Waals surface area contributed by atoms with Gasteiger partial charge in [0.15, 0.2) is 0 Å². The Morgan fingerprint density at radius 3 is 2.51 bits per heavy atom. The smallest absolute Gasteiger partial charge is 0.326 e. The molecule has 1 aromatic heterocycles. The van der Waals surface area contributed by atoms with Gasteiger partial charge in [-0.3, -0.25) is 4.90 Å². The Bertz CT molecular complexity index is 840. The molecule has 2 heterocycles. The van der Waals surface area contributed by atoms with E-state index in [9.17, 15) is 14.7 Å². The van der Waals surface area contributed by atoms with Crippen molar-refractivity contribution in [2.75, 3.05) is 38.2 Å². The number of anilines is 1. The minimum absolute atomic E-state index is 0.0162. The molecule has 9 nitrogen and oxygen atoms in total. The van der Waals surface area contributed by atoms with Crippen molar-refractivity contribution in [1.82, 2.24) is 20.1 Å². The number of carbonyl (C=O) groups excluding carboxylic acids is 1. The number of carbonyl (C=O) groups is 2. The van der Waals surface area contributed by atoms with Crippen molar-refractivity contribution in [3.8, 4) is 0 Å². The molecule has 0 fully saturated rings. The van der Waals surface area contributed by atoms with Gasteiger partial charge >= 0.3 is 12.0 Å². The molecular formula is C28H49N5O4. The molecule has 0 spiro atoms. The number of aryl methyl sites for hydroxylation is 2. The maximum Gasteiger partial charge on any atom is 0.326 e. The number of hydrogen-bond acceptors (Lipinski definition) is 6. The molecule has 2 atom stereocenters. The van der Waals surface area contributed by atoms with Crippen molar-refractivity contribution in [2.24, 2.45) is 0 Å². The highest BCUT2D eigenvalue weighted by Crippen LogP contribution is 2.20. The molecule has 0 aromatic carbocycles. The number of hydrogen-bond donors (Lipinski definition) is 3. The third-order valence-corrected chi connectivity index (χ3v) is 6.91. The van der Waals surface area contributed by atoms with E-state index in [0.29, 0.717) is 26.2 Å². The lowest BCUT2D eigenvalue weighted by molar-refractivity contribution is -0.139. The number of carboxylic acids is 1. The van der Waals surface area contributed by atoms with Crippen molar-refractivity contribution >= 4 is 17.8 Å². The number of urea groups is 1. The Hall–Kier alpha value is -2.39. The van der Waals surface area contributed by atoms with Gasteiger partial charge in [0, 0.05) is 43.5 Å². The molecule has 3 N–H and O–H groups in total. The summed E-state index contributed by atoms with van der Waals surface area (Å²) >= 11 is 0. The van der Waals surface area contributed by atoms with Gasteiger partial charge in [-0.25, -0.2) is 14.6 Å². The maximum atomic E-state index is 12.8. The molecule has 210 valence electrons. The Morgan fingerprint density at radius 2 is 1.86 bits per heavy atom. The van der Waals surface area contributed by atoms with Gasteiger partial charge < -0.3 is 25.4 Å². The molecule has 1 aromatic rings. The zero-order valence-electron chi connectivity index (χ0n) is 23.8. The van der Waals surface area contributed by atoms with Gasteiger partial charge in [-0.2, -0.15) is 0 Å². The number of fused-ring (bicyclic) bond motifs is 1. The van der Waals surface area contributed by atoms with E-state index in [2.05, 4.69) is 34.6 Å². The summed E-state index contributed by atoms with van der Waals surface area (Å²) in [5.74, 6) is 0.0243. The molecule has 37 heavy (non-hydrogen) atoms. The van der Waals surface area contributed by atoms with Gasteiger partial charge in [-0.1, -0.05) is 6.07 Å². The van der Waals surface area contributed by atoms with Crippen LogP contribution in [-0.2, 0) is 22.4 Å². The minimum atomic E-state index is -1.01. The van der Waals surface area contributed by atoms with Crippen molar-refractivity contribution in [1.29, 1.82) is 0 Å². The number of pyridine rings is 1. The van der Waals surface area contributed by atoms with Crippen LogP contribution in [0.3, 0.4) is 0 Å². The van der Waals surface area contributed by atoms with Crippen molar-refractivity contribution in [2.45, 2.75) is 104 Å². The van der Waals surface area contributed by atoms with Gasteiger partial charge in [-0.15, -0.1) is 0 Å². The molecule has 9 heteroatoms. The lowest BCUT2D eigenvalue weighted by Crippen LogP contribution is -2.53. The van der Waals surface area contributed by atoms with Gasteiger partial charge in [0.05, 0.1) is 6.61 Å². The summed E-state index contributed by atoms with van der Waals surface area (Å²) in [6.07, 6.45) is 5.47. The summed E-state index contributed by atoms with van der Waals surface area (Å²) in [5, 5.41) is 16.0. The fraction of sp³-hybridized carbons (Fsp3) is 0.750. The van der Waals surface area contributed by atoms with Crippen molar-refractivity contribution < 1.29 is 19.4 Å². The molecule has 0 bridgehead atoms. The van der Waals surface area contributed by atoms with E-state index in [0.717, 1.165) is 56.7 Å². The second kappa shape index (κ2) is 15.8. The number of unbranched alkanes of at least 4 members (excludes halogenated alkanes) is 1. The van der Waals surface area contributed by atoms with Gasteiger partial charge in [-0.05, 0) is 98.2 Å². The largest absolute Gasteiger partial charge is 0.480 e. The standard InChI is InChI=1S/C28H49N5O4/c1-7-37-19-22(6)32(17-9-8-12-24-14-13-23-11-10-16-29-26(23)30-24)18-15-25(27(34)35)31-28(36)33(20(2)3)21(4)5/h13-14,20-22,25H,7-12,15-19H2,1-6H3,(H,29,30)(H,31,36)(H,34,35)/t22-,25?/m0/s1. The third kappa shape index (κ3) is 10.1. The van der Waals surface area contributed by atoms with E-state index >= 15 is 0 Å².